The second-order valence-corrected chi connectivity index (χ2v) is 7.18. The molecular weight excluding hydrogens is 403 g/mol. The molecule has 3 aromatic rings. The molecule has 5 nitrogen and oxygen atoms in total. The molecule has 2 heterocycles. The highest BCUT2D eigenvalue weighted by atomic mass is 32.1. The van der Waals surface area contributed by atoms with Gasteiger partial charge in [-0.05, 0) is 18.2 Å². The van der Waals surface area contributed by atoms with Crippen LogP contribution >= 0.6 is 11.3 Å². The third kappa shape index (κ3) is 4.46. The van der Waals surface area contributed by atoms with E-state index in [4.69, 9.17) is 0 Å². The molecule has 0 radical (unpaired) electrons. The molecule has 0 fully saturated rings. The summed E-state index contributed by atoms with van der Waals surface area (Å²) in [4.78, 5) is 21.5. The van der Waals surface area contributed by atoms with E-state index < -0.39 is 18.3 Å². The number of benzene rings is 1. The van der Waals surface area contributed by atoms with Crippen LogP contribution in [-0.4, -0.2) is 32.4 Å². The summed E-state index contributed by atoms with van der Waals surface area (Å²) < 4.78 is 65.2. The number of hydrogen-bond acceptors (Lipinski definition) is 4. The zero-order valence-corrected chi connectivity index (χ0v) is 15.4. The Bertz CT molecular complexity index is 981. The normalized spacial score (nSPS) is 12.1. The summed E-state index contributed by atoms with van der Waals surface area (Å²) in [6.07, 6.45) is -1.78. The number of rotatable bonds is 6. The molecule has 3 rings (SSSR count). The summed E-state index contributed by atoms with van der Waals surface area (Å²) in [5.74, 6) is -0.246. The van der Waals surface area contributed by atoms with Gasteiger partial charge in [-0.25, -0.2) is 9.97 Å². The minimum Gasteiger partial charge on any atom is -0.338 e. The molecule has 150 valence electrons. The maximum absolute atomic E-state index is 12.8. The number of imidazole rings is 1. The van der Waals surface area contributed by atoms with Crippen LogP contribution in [0.1, 0.15) is 29.4 Å². The molecule has 11 heteroatoms. The van der Waals surface area contributed by atoms with Crippen molar-refractivity contribution < 1.29 is 26.7 Å². The highest BCUT2D eigenvalue weighted by molar-refractivity contribution is 7.18. The number of carbonyl (C=O) groups is 1. The number of carbonyl (C=O) groups excluding carboxylic acids is 1. The van der Waals surface area contributed by atoms with Gasteiger partial charge in [0.15, 0.2) is 0 Å². The lowest BCUT2D eigenvalue weighted by molar-refractivity contribution is -0.137. The summed E-state index contributed by atoms with van der Waals surface area (Å²) in [5, 5.41) is 0.533. The van der Waals surface area contributed by atoms with Crippen LogP contribution in [0, 0.1) is 0 Å². The van der Waals surface area contributed by atoms with E-state index in [2.05, 4.69) is 9.97 Å². The molecule has 0 unspecified atom stereocenters. The first kappa shape index (κ1) is 20.2. The number of thiazole rings is 1. The number of aromatic nitrogens is 3. The smallest absolute Gasteiger partial charge is 0.338 e. The van der Waals surface area contributed by atoms with Crippen LogP contribution < -0.4 is 0 Å². The zero-order chi connectivity index (χ0) is 20.5. The minimum atomic E-state index is -4.44. The molecule has 0 spiro atoms. The summed E-state index contributed by atoms with van der Waals surface area (Å²) in [6.45, 7) is -2.82. The maximum Gasteiger partial charge on any atom is 0.416 e. The van der Waals surface area contributed by atoms with E-state index in [0.29, 0.717) is 14.3 Å². The third-order valence-electron chi connectivity index (χ3n) is 4.08. The van der Waals surface area contributed by atoms with Gasteiger partial charge in [0.05, 0.1) is 27.3 Å². The van der Waals surface area contributed by atoms with Crippen molar-refractivity contribution in [1.29, 1.82) is 0 Å². The van der Waals surface area contributed by atoms with Crippen molar-refractivity contribution in [3.8, 4) is 0 Å². The van der Waals surface area contributed by atoms with Gasteiger partial charge in [0.25, 0.3) is 0 Å². The van der Waals surface area contributed by atoms with E-state index in [1.165, 1.54) is 35.5 Å². The van der Waals surface area contributed by atoms with E-state index in [9.17, 15) is 26.7 Å². The SMILES string of the molecule is CN(Cc1nccn1C(F)F)C(=O)CCc1nc2cc(C(F)(F)F)ccc2s1. The van der Waals surface area contributed by atoms with E-state index in [1.807, 2.05) is 0 Å². The van der Waals surface area contributed by atoms with Gasteiger partial charge in [0.2, 0.25) is 5.91 Å². The molecule has 0 bridgehead atoms. The van der Waals surface area contributed by atoms with Crippen LogP contribution in [0.2, 0.25) is 0 Å². The van der Waals surface area contributed by atoms with Gasteiger partial charge in [-0.15, -0.1) is 11.3 Å². The Balaban J connectivity index is 1.63. The average Bonchev–Trinajstić information content (AvgIpc) is 3.24. The first-order valence-electron chi connectivity index (χ1n) is 8.15. The van der Waals surface area contributed by atoms with Gasteiger partial charge < -0.3 is 4.90 Å². The zero-order valence-electron chi connectivity index (χ0n) is 14.6. The van der Waals surface area contributed by atoms with Crippen LogP contribution in [0.3, 0.4) is 0 Å². The van der Waals surface area contributed by atoms with Gasteiger partial charge in [0.1, 0.15) is 5.82 Å². The summed E-state index contributed by atoms with van der Waals surface area (Å²) in [7, 11) is 1.47. The largest absolute Gasteiger partial charge is 0.416 e. The number of aryl methyl sites for hydroxylation is 1. The Morgan fingerprint density at radius 1 is 1.32 bits per heavy atom. The monoisotopic (exact) mass is 418 g/mol. The topological polar surface area (TPSA) is 51.0 Å². The van der Waals surface area contributed by atoms with E-state index in [0.717, 1.165) is 18.3 Å². The lowest BCUT2D eigenvalue weighted by Gasteiger charge is -2.17. The van der Waals surface area contributed by atoms with Crippen LogP contribution in [0.4, 0.5) is 22.0 Å². The van der Waals surface area contributed by atoms with Crippen LogP contribution in [0.15, 0.2) is 30.6 Å². The molecule has 0 saturated heterocycles. The number of amides is 1. The van der Waals surface area contributed by atoms with E-state index in [-0.39, 0.29) is 36.6 Å². The van der Waals surface area contributed by atoms with Crippen LogP contribution in [0.25, 0.3) is 10.2 Å². The molecule has 0 aliphatic rings. The van der Waals surface area contributed by atoms with Gasteiger partial charge in [-0.1, -0.05) is 0 Å². The second-order valence-electron chi connectivity index (χ2n) is 6.07. The van der Waals surface area contributed by atoms with E-state index >= 15 is 0 Å². The number of fused-ring (bicyclic) bond motifs is 1. The molecule has 2 aromatic heterocycles. The van der Waals surface area contributed by atoms with Gasteiger partial charge in [0, 0.05) is 32.3 Å². The predicted octanol–water partition coefficient (Wildman–Crippen LogP) is 4.50. The average molecular weight is 418 g/mol. The number of alkyl halides is 5. The quantitative estimate of drug-likeness (QED) is 0.554. The first-order chi connectivity index (χ1) is 13.1. The highest BCUT2D eigenvalue weighted by Crippen LogP contribution is 2.33. The minimum absolute atomic E-state index is 0.0534. The van der Waals surface area contributed by atoms with Crippen molar-refractivity contribution in [2.24, 2.45) is 0 Å². The van der Waals surface area contributed by atoms with Gasteiger partial charge >= 0.3 is 12.7 Å². The third-order valence-corrected chi connectivity index (χ3v) is 5.17. The second kappa shape index (κ2) is 7.82. The summed E-state index contributed by atoms with van der Waals surface area (Å²) >= 11 is 1.22. The molecular formula is C17H15F5N4OS. The van der Waals surface area contributed by atoms with Crippen LogP contribution in [0.5, 0.6) is 0 Å². The Hall–Kier alpha value is -2.56. The lowest BCUT2D eigenvalue weighted by Crippen LogP contribution is -2.28. The molecule has 0 N–H and O–H groups in total. The van der Waals surface area contributed by atoms with Crippen molar-refractivity contribution in [1.82, 2.24) is 19.4 Å². The molecule has 28 heavy (non-hydrogen) atoms. The fourth-order valence-electron chi connectivity index (χ4n) is 2.61. The Kier molecular flexibility index (Phi) is 5.64. The van der Waals surface area contributed by atoms with Crippen LogP contribution in [-0.2, 0) is 23.9 Å². The highest BCUT2D eigenvalue weighted by Gasteiger charge is 2.30. The summed E-state index contributed by atoms with van der Waals surface area (Å²) in [6, 6.07) is 3.33. The molecule has 0 atom stereocenters. The predicted molar refractivity (Wildman–Crippen MR) is 92.9 cm³/mol. The number of hydrogen-bond donors (Lipinski definition) is 0. The van der Waals surface area contributed by atoms with Crippen molar-refractivity contribution in [3.63, 3.8) is 0 Å². The molecule has 0 saturated carbocycles. The first-order valence-corrected chi connectivity index (χ1v) is 8.97. The summed E-state index contributed by atoms with van der Waals surface area (Å²) in [5.41, 5.74) is -0.545. The standard InChI is InChI=1S/C17H15F5N4OS/c1-25(9-13-23-6-7-26(13)16(18)19)15(27)5-4-14-24-11-8-10(17(20,21)22)2-3-12(11)28-14/h2-3,6-8,16H,4-5,9H2,1H3. The Labute approximate surface area is 160 Å². The fraction of sp³-hybridized carbons (Fsp3) is 0.353. The van der Waals surface area contributed by atoms with Gasteiger partial charge in [-0.2, -0.15) is 22.0 Å². The number of halogens is 5. The van der Waals surface area contributed by atoms with Crippen molar-refractivity contribution in [3.05, 3.63) is 47.0 Å². The number of nitrogens with zero attached hydrogens (tertiary/aromatic N) is 4. The maximum atomic E-state index is 12.8. The molecule has 0 aliphatic heterocycles. The van der Waals surface area contributed by atoms with Crippen molar-refractivity contribution in [2.75, 3.05) is 7.05 Å². The van der Waals surface area contributed by atoms with Crippen molar-refractivity contribution >= 4 is 27.5 Å². The van der Waals surface area contributed by atoms with Crippen molar-refractivity contribution in [2.45, 2.75) is 32.1 Å². The molecule has 1 aromatic carbocycles. The molecule has 1 amide bonds. The van der Waals surface area contributed by atoms with E-state index in [1.54, 1.807) is 0 Å². The molecule has 0 aliphatic carbocycles. The lowest BCUT2D eigenvalue weighted by atomic mass is 10.2. The fourth-order valence-corrected chi connectivity index (χ4v) is 3.55. The Morgan fingerprint density at radius 3 is 2.75 bits per heavy atom. The van der Waals surface area contributed by atoms with Gasteiger partial charge in [-0.3, -0.25) is 9.36 Å². The Morgan fingerprint density at radius 2 is 2.07 bits per heavy atom.